The number of aryl methyl sites for hydroxylation is 1. The van der Waals surface area contributed by atoms with Crippen molar-refractivity contribution >= 4 is 17.5 Å². The average molecular weight is 467 g/mol. The van der Waals surface area contributed by atoms with Crippen LogP contribution in [0.3, 0.4) is 0 Å². The topological polar surface area (TPSA) is 84.0 Å². The third-order valence-corrected chi connectivity index (χ3v) is 6.18. The number of fused-ring (bicyclic) bond motifs is 1. The number of ether oxygens (including phenoxy) is 3. The van der Waals surface area contributed by atoms with Crippen molar-refractivity contribution in [2.24, 2.45) is 0 Å². The van der Waals surface area contributed by atoms with E-state index in [1.807, 2.05) is 25.1 Å². The zero-order chi connectivity index (χ0) is 22.8. The van der Waals surface area contributed by atoms with E-state index in [4.69, 9.17) is 30.2 Å². The van der Waals surface area contributed by atoms with E-state index in [0.717, 1.165) is 49.8 Å². The molecule has 2 aliphatic rings. The van der Waals surface area contributed by atoms with Crippen molar-refractivity contribution in [2.75, 3.05) is 37.9 Å². The summed E-state index contributed by atoms with van der Waals surface area (Å²) in [5.41, 5.74) is 2.39. The summed E-state index contributed by atoms with van der Waals surface area (Å²) in [7, 11) is 0. The first-order valence-corrected chi connectivity index (χ1v) is 11.1. The quantitative estimate of drug-likeness (QED) is 0.536. The maximum atomic E-state index is 9.55. The fourth-order valence-electron chi connectivity index (χ4n) is 3.96. The normalized spacial score (nSPS) is 15.5. The van der Waals surface area contributed by atoms with E-state index in [1.54, 1.807) is 12.1 Å². The maximum absolute atomic E-state index is 9.55. The fraction of sp³-hybridized carbons (Fsp3) is 0.333. The lowest BCUT2D eigenvalue weighted by Gasteiger charge is -2.34. The molecule has 1 saturated heterocycles. The van der Waals surface area contributed by atoms with Crippen LogP contribution >= 0.6 is 11.6 Å². The largest absolute Gasteiger partial charge is 0.484 e. The van der Waals surface area contributed by atoms with Crippen LogP contribution in [0.2, 0.25) is 5.02 Å². The molecule has 0 saturated carbocycles. The number of anilines is 1. The number of benzene rings is 2. The molecule has 0 bridgehead atoms. The van der Waals surface area contributed by atoms with Crippen molar-refractivity contribution in [3.05, 3.63) is 64.1 Å². The Morgan fingerprint density at radius 1 is 1.09 bits per heavy atom. The second-order valence-electron chi connectivity index (χ2n) is 8.02. The number of hydrogen-bond donors (Lipinski definition) is 0. The fourth-order valence-corrected chi connectivity index (χ4v) is 4.08. The van der Waals surface area contributed by atoms with Crippen LogP contribution in [0.4, 0.5) is 5.88 Å². The molecule has 9 heteroatoms. The molecule has 0 N–H and O–H groups in total. The first-order valence-electron chi connectivity index (χ1n) is 10.7. The van der Waals surface area contributed by atoms with Gasteiger partial charge in [0.2, 0.25) is 24.3 Å². The van der Waals surface area contributed by atoms with Crippen LogP contribution in [0.1, 0.15) is 22.7 Å². The van der Waals surface area contributed by atoms with Crippen LogP contribution in [0, 0.1) is 18.3 Å². The molecule has 0 spiro atoms. The van der Waals surface area contributed by atoms with E-state index >= 15 is 0 Å². The minimum absolute atomic E-state index is 0.139. The maximum Gasteiger partial charge on any atom is 0.236 e. The van der Waals surface area contributed by atoms with Crippen LogP contribution in [-0.2, 0) is 13.2 Å². The summed E-state index contributed by atoms with van der Waals surface area (Å²) in [6, 6.07) is 13.6. The van der Waals surface area contributed by atoms with Crippen molar-refractivity contribution in [3.8, 4) is 23.3 Å². The van der Waals surface area contributed by atoms with Crippen molar-refractivity contribution in [3.63, 3.8) is 0 Å². The number of piperazine rings is 1. The molecule has 0 amide bonds. The summed E-state index contributed by atoms with van der Waals surface area (Å²) >= 11 is 6.06. The Kier molecular flexibility index (Phi) is 5.99. The van der Waals surface area contributed by atoms with Gasteiger partial charge in [-0.1, -0.05) is 17.7 Å². The molecule has 1 aromatic heterocycles. The molecular weight excluding hydrogens is 444 g/mol. The molecule has 33 heavy (non-hydrogen) atoms. The Bertz CT molecular complexity index is 1200. The Labute approximate surface area is 196 Å². The number of nitriles is 1. The lowest BCUT2D eigenvalue weighted by atomic mass is 10.1. The van der Waals surface area contributed by atoms with E-state index in [-0.39, 0.29) is 19.1 Å². The van der Waals surface area contributed by atoms with Crippen molar-refractivity contribution < 1.29 is 18.6 Å². The van der Waals surface area contributed by atoms with Gasteiger partial charge in [0.25, 0.3) is 0 Å². The van der Waals surface area contributed by atoms with E-state index < -0.39 is 0 Å². The van der Waals surface area contributed by atoms with Crippen molar-refractivity contribution in [2.45, 2.75) is 20.1 Å². The van der Waals surface area contributed by atoms with Crippen LogP contribution in [0.15, 0.2) is 40.8 Å². The molecule has 1 fully saturated rings. The zero-order valence-corrected chi connectivity index (χ0v) is 19.0. The van der Waals surface area contributed by atoms with Gasteiger partial charge in [-0.15, -0.1) is 0 Å². The molecule has 170 valence electrons. The summed E-state index contributed by atoms with van der Waals surface area (Å²) in [6.07, 6.45) is 0. The van der Waals surface area contributed by atoms with Crippen LogP contribution < -0.4 is 19.1 Å². The van der Waals surface area contributed by atoms with Gasteiger partial charge in [0, 0.05) is 37.7 Å². The van der Waals surface area contributed by atoms with Gasteiger partial charge in [0.05, 0.1) is 0 Å². The molecule has 8 nitrogen and oxygen atoms in total. The summed E-state index contributed by atoms with van der Waals surface area (Å²) in [5.74, 6) is 3.15. The van der Waals surface area contributed by atoms with Crippen molar-refractivity contribution in [1.82, 2.24) is 9.88 Å². The Morgan fingerprint density at radius 3 is 2.70 bits per heavy atom. The van der Waals surface area contributed by atoms with Gasteiger partial charge in [-0.25, -0.2) is 0 Å². The van der Waals surface area contributed by atoms with Gasteiger partial charge in [0.1, 0.15) is 11.8 Å². The molecule has 0 radical (unpaired) electrons. The minimum atomic E-state index is 0.139. The minimum Gasteiger partial charge on any atom is -0.484 e. The van der Waals surface area contributed by atoms with Gasteiger partial charge < -0.3 is 23.5 Å². The highest BCUT2D eigenvalue weighted by Gasteiger charge is 2.25. The molecule has 0 unspecified atom stereocenters. The van der Waals surface area contributed by atoms with Crippen LogP contribution in [-0.4, -0.2) is 42.9 Å². The molecule has 2 aromatic carbocycles. The molecule has 5 rings (SSSR count). The highest BCUT2D eigenvalue weighted by Crippen LogP contribution is 2.33. The van der Waals surface area contributed by atoms with Crippen molar-refractivity contribution in [1.29, 1.82) is 5.26 Å². The summed E-state index contributed by atoms with van der Waals surface area (Å²) in [6.45, 7) is 6.33. The number of halogens is 1. The molecular formula is C24H23ClN4O4. The van der Waals surface area contributed by atoms with Crippen LogP contribution in [0.5, 0.6) is 17.2 Å². The predicted octanol–water partition coefficient (Wildman–Crippen LogP) is 4.14. The predicted molar refractivity (Wildman–Crippen MR) is 122 cm³/mol. The highest BCUT2D eigenvalue weighted by atomic mass is 35.5. The standard InChI is InChI=1S/C24H23ClN4O4/c1-16-10-18(3-4-19(16)25)30-14-23-27-20(12-26)24(33-23)29-8-6-28(7-9-29)13-17-2-5-21-22(11-17)32-15-31-21/h2-5,10-11H,6-9,13-15H2,1H3. The number of nitrogens with zero attached hydrogens (tertiary/aromatic N) is 4. The number of oxazole rings is 1. The number of rotatable bonds is 6. The Hall–Kier alpha value is -3.41. The first-order chi connectivity index (χ1) is 16.1. The van der Waals surface area contributed by atoms with E-state index in [0.29, 0.717) is 22.5 Å². The second-order valence-corrected chi connectivity index (χ2v) is 8.43. The molecule has 0 atom stereocenters. The van der Waals surface area contributed by atoms with E-state index in [2.05, 4.69) is 26.9 Å². The monoisotopic (exact) mass is 466 g/mol. The first kappa shape index (κ1) is 21.4. The lowest BCUT2D eigenvalue weighted by molar-refractivity contribution is 0.174. The molecule has 3 aromatic rings. The number of aromatic nitrogens is 1. The zero-order valence-electron chi connectivity index (χ0n) is 18.2. The average Bonchev–Trinajstić information content (AvgIpc) is 3.47. The SMILES string of the molecule is Cc1cc(OCc2nc(C#N)c(N3CCN(Cc4ccc5c(c4)OCO5)CC3)o2)ccc1Cl. The summed E-state index contributed by atoms with van der Waals surface area (Å²) < 4.78 is 22.5. The Balaban J connectivity index is 1.19. The van der Waals surface area contributed by atoms with E-state index in [9.17, 15) is 5.26 Å². The smallest absolute Gasteiger partial charge is 0.236 e. The third-order valence-electron chi connectivity index (χ3n) is 5.75. The molecule has 0 aliphatic carbocycles. The van der Waals surface area contributed by atoms with Gasteiger partial charge in [0.15, 0.2) is 18.1 Å². The molecule has 3 heterocycles. The lowest BCUT2D eigenvalue weighted by Crippen LogP contribution is -2.46. The van der Waals surface area contributed by atoms with E-state index in [1.165, 1.54) is 5.56 Å². The molecule has 2 aliphatic heterocycles. The van der Waals surface area contributed by atoms with Gasteiger partial charge >= 0.3 is 0 Å². The van der Waals surface area contributed by atoms with Gasteiger partial charge in [-0.2, -0.15) is 10.2 Å². The summed E-state index contributed by atoms with van der Waals surface area (Å²) in [4.78, 5) is 8.75. The summed E-state index contributed by atoms with van der Waals surface area (Å²) in [5, 5.41) is 10.2. The van der Waals surface area contributed by atoms with Crippen LogP contribution in [0.25, 0.3) is 0 Å². The van der Waals surface area contributed by atoms with Gasteiger partial charge in [-0.05, 0) is 48.4 Å². The Morgan fingerprint density at radius 2 is 1.91 bits per heavy atom. The third kappa shape index (κ3) is 4.70. The van der Waals surface area contributed by atoms with Gasteiger partial charge in [-0.3, -0.25) is 4.90 Å². The highest BCUT2D eigenvalue weighted by molar-refractivity contribution is 6.31. The second kappa shape index (κ2) is 9.22. The number of hydrogen-bond acceptors (Lipinski definition) is 8.